The SMILES string of the molecule is CC1CCN(C2CCC(O)(c3ccccc3)CC2)C1. The van der Waals surface area contributed by atoms with E-state index < -0.39 is 5.60 Å². The molecule has 1 saturated carbocycles. The van der Waals surface area contributed by atoms with Gasteiger partial charge in [0.05, 0.1) is 5.60 Å². The number of nitrogens with zero attached hydrogens (tertiary/aromatic N) is 1. The van der Waals surface area contributed by atoms with Crippen molar-refractivity contribution in [2.45, 2.75) is 50.7 Å². The van der Waals surface area contributed by atoms with E-state index in [0.29, 0.717) is 6.04 Å². The molecule has 1 aromatic carbocycles. The standard InChI is InChI=1S/C17H25NO/c1-14-9-12-18(13-14)16-7-10-17(19,11-8-16)15-5-3-2-4-6-15/h2-6,14,16,19H,7-13H2,1H3. The lowest BCUT2D eigenvalue weighted by molar-refractivity contribution is -0.0224. The fourth-order valence-corrected chi connectivity index (χ4v) is 3.78. The maximum absolute atomic E-state index is 10.8. The highest BCUT2D eigenvalue weighted by molar-refractivity contribution is 5.23. The van der Waals surface area contributed by atoms with Gasteiger partial charge in [-0.05, 0) is 50.1 Å². The van der Waals surface area contributed by atoms with Crippen molar-refractivity contribution in [3.8, 4) is 0 Å². The monoisotopic (exact) mass is 259 g/mol. The molecule has 1 unspecified atom stereocenters. The van der Waals surface area contributed by atoms with Gasteiger partial charge in [0.15, 0.2) is 0 Å². The normalized spacial score (nSPS) is 36.5. The topological polar surface area (TPSA) is 23.5 Å². The van der Waals surface area contributed by atoms with E-state index in [4.69, 9.17) is 0 Å². The van der Waals surface area contributed by atoms with Crippen molar-refractivity contribution in [3.05, 3.63) is 35.9 Å². The van der Waals surface area contributed by atoms with E-state index in [1.807, 2.05) is 18.2 Å². The molecule has 3 rings (SSSR count). The molecule has 1 aliphatic carbocycles. The van der Waals surface area contributed by atoms with Crippen LogP contribution in [0.4, 0.5) is 0 Å². The number of aliphatic hydroxyl groups is 1. The molecule has 1 saturated heterocycles. The van der Waals surface area contributed by atoms with Crippen molar-refractivity contribution in [1.29, 1.82) is 0 Å². The summed E-state index contributed by atoms with van der Waals surface area (Å²) in [6.45, 7) is 4.87. The van der Waals surface area contributed by atoms with Crippen LogP contribution in [-0.4, -0.2) is 29.1 Å². The summed E-state index contributed by atoms with van der Waals surface area (Å²) in [4.78, 5) is 2.65. The summed E-state index contributed by atoms with van der Waals surface area (Å²) >= 11 is 0. The van der Waals surface area contributed by atoms with Crippen LogP contribution >= 0.6 is 0 Å². The molecule has 0 spiro atoms. The van der Waals surface area contributed by atoms with Crippen molar-refractivity contribution in [2.75, 3.05) is 13.1 Å². The minimum Gasteiger partial charge on any atom is -0.385 e. The van der Waals surface area contributed by atoms with E-state index in [1.165, 1.54) is 19.5 Å². The summed E-state index contributed by atoms with van der Waals surface area (Å²) < 4.78 is 0. The Balaban J connectivity index is 1.63. The van der Waals surface area contributed by atoms with Gasteiger partial charge in [-0.2, -0.15) is 0 Å². The summed E-state index contributed by atoms with van der Waals surface area (Å²) in [5, 5.41) is 10.8. The Morgan fingerprint density at radius 3 is 2.37 bits per heavy atom. The zero-order valence-corrected chi connectivity index (χ0v) is 11.9. The predicted octanol–water partition coefficient (Wildman–Crippen LogP) is 3.16. The molecule has 19 heavy (non-hydrogen) atoms. The third-order valence-corrected chi connectivity index (χ3v) is 5.07. The number of benzene rings is 1. The molecular weight excluding hydrogens is 234 g/mol. The smallest absolute Gasteiger partial charge is 0.0897 e. The van der Waals surface area contributed by atoms with Gasteiger partial charge in [-0.1, -0.05) is 37.3 Å². The Morgan fingerprint density at radius 2 is 1.79 bits per heavy atom. The van der Waals surface area contributed by atoms with Crippen LogP contribution in [0, 0.1) is 5.92 Å². The lowest BCUT2D eigenvalue weighted by Gasteiger charge is -2.40. The van der Waals surface area contributed by atoms with Crippen LogP contribution in [0.15, 0.2) is 30.3 Å². The minimum atomic E-state index is -0.580. The van der Waals surface area contributed by atoms with Gasteiger partial charge in [0.1, 0.15) is 0 Å². The fraction of sp³-hybridized carbons (Fsp3) is 0.647. The van der Waals surface area contributed by atoms with E-state index in [2.05, 4.69) is 24.0 Å². The van der Waals surface area contributed by atoms with Crippen molar-refractivity contribution in [2.24, 2.45) is 5.92 Å². The van der Waals surface area contributed by atoms with Gasteiger partial charge in [0, 0.05) is 12.6 Å². The summed E-state index contributed by atoms with van der Waals surface area (Å²) in [5.41, 5.74) is 0.520. The summed E-state index contributed by atoms with van der Waals surface area (Å²) in [7, 11) is 0. The molecule has 1 N–H and O–H groups in total. The van der Waals surface area contributed by atoms with E-state index in [-0.39, 0.29) is 0 Å². The number of rotatable bonds is 2. The largest absolute Gasteiger partial charge is 0.385 e. The molecule has 0 aromatic heterocycles. The zero-order valence-electron chi connectivity index (χ0n) is 11.9. The van der Waals surface area contributed by atoms with Crippen LogP contribution in [-0.2, 0) is 5.60 Å². The second kappa shape index (κ2) is 5.26. The summed E-state index contributed by atoms with van der Waals surface area (Å²) in [6, 6.07) is 10.9. The maximum atomic E-state index is 10.8. The van der Waals surface area contributed by atoms with Crippen LogP contribution in [0.1, 0.15) is 44.6 Å². The third-order valence-electron chi connectivity index (χ3n) is 5.07. The van der Waals surface area contributed by atoms with Crippen molar-refractivity contribution in [1.82, 2.24) is 4.90 Å². The van der Waals surface area contributed by atoms with Gasteiger partial charge < -0.3 is 10.0 Å². The molecule has 0 radical (unpaired) electrons. The van der Waals surface area contributed by atoms with Crippen LogP contribution in [0.2, 0.25) is 0 Å². The quantitative estimate of drug-likeness (QED) is 0.882. The molecule has 1 aliphatic heterocycles. The van der Waals surface area contributed by atoms with Crippen LogP contribution in [0.5, 0.6) is 0 Å². The highest BCUT2D eigenvalue weighted by Crippen LogP contribution is 2.39. The lowest BCUT2D eigenvalue weighted by atomic mass is 9.77. The summed E-state index contributed by atoms with van der Waals surface area (Å²) in [5.74, 6) is 0.856. The van der Waals surface area contributed by atoms with E-state index in [0.717, 1.165) is 37.2 Å². The molecule has 2 aliphatic rings. The predicted molar refractivity (Wildman–Crippen MR) is 77.9 cm³/mol. The van der Waals surface area contributed by atoms with Gasteiger partial charge in [0.25, 0.3) is 0 Å². The molecule has 2 nitrogen and oxygen atoms in total. The molecule has 0 bridgehead atoms. The zero-order chi connectivity index (χ0) is 13.3. The Morgan fingerprint density at radius 1 is 1.11 bits per heavy atom. The number of likely N-dealkylation sites (tertiary alicyclic amines) is 1. The van der Waals surface area contributed by atoms with Crippen molar-refractivity contribution >= 4 is 0 Å². The first-order chi connectivity index (χ1) is 9.17. The average Bonchev–Trinajstić information content (AvgIpc) is 2.87. The van der Waals surface area contributed by atoms with E-state index >= 15 is 0 Å². The minimum absolute atomic E-state index is 0.580. The van der Waals surface area contributed by atoms with Gasteiger partial charge >= 0.3 is 0 Å². The van der Waals surface area contributed by atoms with Crippen LogP contribution < -0.4 is 0 Å². The Bertz CT molecular complexity index is 409. The second-order valence-corrected chi connectivity index (χ2v) is 6.52. The molecule has 104 valence electrons. The molecule has 1 aromatic rings. The number of hydrogen-bond acceptors (Lipinski definition) is 2. The third kappa shape index (κ3) is 2.70. The van der Waals surface area contributed by atoms with Crippen LogP contribution in [0.3, 0.4) is 0 Å². The highest BCUT2D eigenvalue weighted by atomic mass is 16.3. The average molecular weight is 259 g/mol. The van der Waals surface area contributed by atoms with Crippen molar-refractivity contribution < 1.29 is 5.11 Å². The molecular formula is C17H25NO. The molecule has 2 fully saturated rings. The van der Waals surface area contributed by atoms with Gasteiger partial charge in [-0.15, -0.1) is 0 Å². The van der Waals surface area contributed by atoms with Crippen molar-refractivity contribution in [3.63, 3.8) is 0 Å². The maximum Gasteiger partial charge on any atom is 0.0897 e. The van der Waals surface area contributed by atoms with E-state index in [9.17, 15) is 5.11 Å². The van der Waals surface area contributed by atoms with Gasteiger partial charge in [0.2, 0.25) is 0 Å². The fourth-order valence-electron chi connectivity index (χ4n) is 3.78. The Kier molecular flexibility index (Phi) is 3.64. The van der Waals surface area contributed by atoms with Crippen LogP contribution in [0.25, 0.3) is 0 Å². The summed E-state index contributed by atoms with van der Waals surface area (Å²) in [6.07, 6.45) is 5.44. The molecule has 1 atom stereocenters. The first-order valence-corrected chi connectivity index (χ1v) is 7.69. The Labute approximate surface area is 116 Å². The Hall–Kier alpha value is -0.860. The first kappa shape index (κ1) is 13.1. The molecule has 1 heterocycles. The lowest BCUT2D eigenvalue weighted by Crippen LogP contribution is -2.41. The van der Waals surface area contributed by atoms with Gasteiger partial charge in [-0.3, -0.25) is 0 Å². The molecule has 0 amide bonds. The first-order valence-electron chi connectivity index (χ1n) is 7.69. The second-order valence-electron chi connectivity index (χ2n) is 6.52. The molecule has 2 heteroatoms. The number of hydrogen-bond donors (Lipinski definition) is 1. The van der Waals surface area contributed by atoms with E-state index in [1.54, 1.807) is 0 Å². The van der Waals surface area contributed by atoms with Gasteiger partial charge in [-0.25, -0.2) is 0 Å². The highest BCUT2D eigenvalue weighted by Gasteiger charge is 2.37.